The molecule has 4 unspecified atom stereocenters. The van der Waals surface area contributed by atoms with Gasteiger partial charge in [-0.15, -0.1) is 0 Å². The Morgan fingerprint density at radius 2 is 0.552 bits per heavy atom. The van der Waals surface area contributed by atoms with Gasteiger partial charge in [0.1, 0.15) is 19.3 Å². The van der Waals surface area contributed by atoms with Gasteiger partial charge in [0.2, 0.25) is 0 Å². The summed E-state index contributed by atoms with van der Waals surface area (Å²) in [5.74, 6) is 0.795. The molecule has 0 aromatic heterocycles. The SMILES string of the molecule is CCC(C)CCCCCCCCC(=O)OC[C@H](COP(=O)(O)OC[C@@H](O)COP(=O)(O)OC[C@@H](COC(=O)CCCCCCCCC(C)CC)OC(=O)CCCCCCCCC(C)C)OC(=O)CCCCCCCCCCCCCCCCCC(C)C. The zero-order valence-corrected chi connectivity index (χ0v) is 58.4. The van der Waals surface area contributed by atoms with Crippen LogP contribution in [0.5, 0.6) is 0 Å². The molecule has 17 nitrogen and oxygen atoms in total. The molecule has 0 saturated carbocycles. The number of aliphatic hydroxyl groups excluding tert-OH is 1. The highest BCUT2D eigenvalue weighted by Crippen LogP contribution is 2.45. The van der Waals surface area contributed by atoms with Crippen LogP contribution in [0.15, 0.2) is 0 Å². The van der Waals surface area contributed by atoms with Crippen LogP contribution in [-0.2, 0) is 65.4 Å². The van der Waals surface area contributed by atoms with Crippen molar-refractivity contribution in [1.82, 2.24) is 0 Å². The Morgan fingerprint density at radius 3 is 0.816 bits per heavy atom. The molecular formula is C68H132O17P2. The van der Waals surface area contributed by atoms with Crippen molar-refractivity contribution in [1.29, 1.82) is 0 Å². The standard InChI is InChI=1S/C68H132O17P2/c1-9-60(7)46-38-30-23-26-32-40-48-65(70)78-54-63(84-67(72)50-42-34-21-19-17-15-13-11-12-14-16-18-20-28-36-44-58(3)4)56-82-86(74,75)80-52-62(69)53-81-87(76,77)83-57-64(85-68(73)51-43-35-25-22-29-37-45-59(5)6)55-79-66(71)49-41-33-27-24-31-39-47-61(8)10-2/h58-64,69H,9-57H2,1-8H3,(H,74,75)(H,76,77)/t60?,61?,62-,63-,64-/m1/s1. The molecule has 0 fully saturated rings. The molecule has 0 saturated heterocycles. The van der Waals surface area contributed by atoms with Crippen LogP contribution in [0, 0.1) is 23.7 Å². The summed E-state index contributed by atoms with van der Waals surface area (Å²) in [5.41, 5.74) is 0. The number of esters is 4. The fourth-order valence-electron chi connectivity index (χ4n) is 10.1. The number of rotatable bonds is 65. The van der Waals surface area contributed by atoms with Crippen LogP contribution in [0.4, 0.5) is 0 Å². The van der Waals surface area contributed by atoms with Crippen molar-refractivity contribution in [3.8, 4) is 0 Å². The van der Waals surface area contributed by atoms with Crippen LogP contribution in [0.3, 0.4) is 0 Å². The molecule has 0 aromatic rings. The van der Waals surface area contributed by atoms with E-state index in [-0.39, 0.29) is 25.7 Å². The van der Waals surface area contributed by atoms with Gasteiger partial charge in [0.25, 0.3) is 0 Å². The maximum absolute atomic E-state index is 13.0. The zero-order valence-electron chi connectivity index (χ0n) is 56.6. The molecule has 3 N–H and O–H groups in total. The second-order valence-electron chi connectivity index (χ2n) is 26.0. The van der Waals surface area contributed by atoms with Crippen LogP contribution in [-0.4, -0.2) is 96.7 Å². The number of carbonyl (C=O) groups is 4. The highest BCUT2D eigenvalue weighted by atomic mass is 31.2. The smallest absolute Gasteiger partial charge is 0.462 e. The van der Waals surface area contributed by atoms with Crippen LogP contribution in [0.25, 0.3) is 0 Å². The van der Waals surface area contributed by atoms with Crippen molar-refractivity contribution in [2.45, 2.75) is 350 Å². The second-order valence-corrected chi connectivity index (χ2v) is 28.9. The summed E-state index contributed by atoms with van der Waals surface area (Å²) in [4.78, 5) is 72.3. The highest BCUT2D eigenvalue weighted by molar-refractivity contribution is 7.47. The quantitative estimate of drug-likeness (QED) is 0.0222. The van der Waals surface area contributed by atoms with E-state index in [1.807, 2.05) is 0 Å². The molecule has 0 aliphatic carbocycles. The van der Waals surface area contributed by atoms with E-state index >= 15 is 0 Å². The van der Waals surface area contributed by atoms with Crippen molar-refractivity contribution >= 4 is 39.5 Å². The van der Waals surface area contributed by atoms with E-state index in [1.165, 1.54) is 122 Å². The third-order valence-corrected chi connectivity index (χ3v) is 18.2. The molecule has 516 valence electrons. The fourth-order valence-corrected chi connectivity index (χ4v) is 11.7. The van der Waals surface area contributed by atoms with Crippen LogP contribution >= 0.6 is 15.6 Å². The van der Waals surface area contributed by atoms with Gasteiger partial charge < -0.3 is 33.8 Å². The number of phosphoric ester groups is 2. The summed E-state index contributed by atoms with van der Waals surface area (Å²) >= 11 is 0. The number of carbonyl (C=O) groups excluding carboxylic acids is 4. The molecule has 0 rings (SSSR count). The Balaban J connectivity index is 5.20. The average molecular weight is 1280 g/mol. The maximum Gasteiger partial charge on any atom is 0.472 e. The molecule has 0 amide bonds. The molecule has 0 heterocycles. The molecule has 0 radical (unpaired) electrons. The van der Waals surface area contributed by atoms with E-state index in [0.29, 0.717) is 31.6 Å². The Kier molecular flexibility index (Phi) is 56.6. The first-order valence-electron chi connectivity index (χ1n) is 35.3. The largest absolute Gasteiger partial charge is 0.472 e. The van der Waals surface area contributed by atoms with E-state index in [1.54, 1.807) is 0 Å². The van der Waals surface area contributed by atoms with E-state index < -0.39 is 97.5 Å². The van der Waals surface area contributed by atoms with E-state index in [2.05, 4.69) is 55.4 Å². The summed E-state index contributed by atoms with van der Waals surface area (Å²) in [7, 11) is -9.90. The number of ether oxygens (including phenoxy) is 4. The minimum atomic E-state index is -4.95. The van der Waals surface area contributed by atoms with E-state index in [0.717, 1.165) is 120 Å². The summed E-state index contributed by atoms with van der Waals surface area (Å²) in [6.45, 7) is 14.0. The Morgan fingerprint density at radius 1 is 0.322 bits per heavy atom. The molecule has 0 aliphatic rings. The van der Waals surface area contributed by atoms with Crippen LogP contribution in [0.1, 0.15) is 331 Å². The fraction of sp³-hybridized carbons (Fsp3) is 0.941. The average Bonchev–Trinajstić information content (AvgIpc) is 3.52. The zero-order chi connectivity index (χ0) is 64.7. The topological polar surface area (TPSA) is 237 Å². The maximum atomic E-state index is 13.0. The van der Waals surface area contributed by atoms with Gasteiger partial charge in [0, 0.05) is 25.7 Å². The van der Waals surface area contributed by atoms with Gasteiger partial charge in [0.15, 0.2) is 12.2 Å². The number of hydrogen-bond donors (Lipinski definition) is 3. The van der Waals surface area contributed by atoms with Gasteiger partial charge in [-0.05, 0) is 49.4 Å². The van der Waals surface area contributed by atoms with Gasteiger partial charge in [-0.3, -0.25) is 37.3 Å². The van der Waals surface area contributed by atoms with Gasteiger partial charge >= 0.3 is 39.5 Å². The third kappa shape index (κ3) is 60.1. The normalized spacial score (nSPS) is 15.0. The van der Waals surface area contributed by atoms with Crippen LogP contribution in [0.2, 0.25) is 0 Å². The van der Waals surface area contributed by atoms with E-state index in [9.17, 15) is 43.2 Å². The molecule has 0 bridgehead atoms. The second kappa shape index (κ2) is 57.9. The lowest BCUT2D eigenvalue weighted by molar-refractivity contribution is -0.161. The number of phosphoric acid groups is 2. The van der Waals surface area contributed by atoms with Gasteiger partial charge in [-0.1, -0.05) is 280 Å². The van der Waals surface area contributed by atoms with Gasteiger partial charge in [-0.2, -0.15) is 0 Å². The Labute approximate surface area is 530 Å². The predicted molar refractivity (Wildman–Crippen MR) is 349 cm³/mol. The summed E-state index contributed by atoms with van der Waals surface area (Å²) < 4.78 is 68.1. The van der Waals surface area contributed by atoms with E-state index in [4.69, 9.17) is 37.0 Å². The van der Waals surface area contributed by atoms with Crippen LogP contribution < -0.4 is 0 Å². The van der Waals surface area contributed by atoms with Gasteiger partial charge in [-0.25, -0.2) is 9.13 Å². The Bertz CT molecular complexity index is 1730. The molecule has 87 heavy (non-hydrogen) atoms. The van der Waals surface area contributed by atoms with Crippen molar-refractivity contribution < 1.29 is 80.2 Å². The minimum absolute atomic E-state index is 0.101. The monoisotopic (exact) mass is 1280 g/mol. The first kappa shape index (κ1) is 85.1. The molecule has 7 atom stereocenters. The van der Waals surface area contributed by atoms with Crippen molar-refractivity contribution in [2.75, 3.05) is 39.6 Å². The summed E-state index contributed by atoms with van der Waals surface area (Å²) in [6, 6.07) is 0. The predicted octanol–water partition coefficient (Wildman–Crippen LogP) is 18.9. The number of aliphatic hydroxyl groups is 1. The Hall–Kier alpha value is -1.94. The van der Waals surface area contributed by atoms with Crippen molar-refractivity contribution in [3.05, 3.63) is 0 Å². The molecule has 0 aromatic carbocycles. The first-order valence-corrected chi connectivity index (χ1v) is 38.3. The third-order valence-electron chi connectivity index (χ3n) is 16.3. The number of hydrogen-bond acceptors (Lipinski definition) is 15. The van der Waals surface area contributed by atoms with Crippen molar-refractivity contribution in [3.63, 3.8) is 0 Å². The molecular weight excluding hydrogens is 1150 g/mol. The lowest BCUT2D eigenvalue weighted by Crippen LogP contribution is -2.30. The number of unbranched alkanes of at least 4 members (excludes halogenated alkanes) is 29. The lowest BCUT2D eigenvalue weighted by Gasteiger charge is -2.21. The first-order chi connectivity index (χ1) is 41.7. The summed E-state index contributed by atoms with van der Waals surface area (Å²) in [5, 5.41) is 10.6. The minimum Gasteiger partial charge on any atom is -0.462 e. The molecule has 0 aliphatic heterocycles. The highest BCUT2D eigenvalue weighted by Gasteiger charge is 2.30. The summed E-state index contributed by atoms with van der Waals surface area (Å²) in [6.07, 6.45) is 39.2. The van der Waals surface area contributed by atoms with Crippen molar-refractivity contribution in [2.24, 2.45) is 23.7 Å². The van der Waals surface area contributed by atoms with Gasteiger partial charge in [0.05, 0.1) is 26.4 Å². The molecule has 19 heteroatoms. The lowest BCUT2D eigenvalue weighted by atomic mass is 10.00. The molecule has 0 spiro atoms.